The zero-order valence-electron chi connectivity index (χ0n) is 19.0. The smallest absolute Gasteiger partial charge is 0.291 e. The van der Waals surface area contributed by atoms with Gasteiger partial charge in [0.2, 0.25) is 0 Å². The van der Waals surface area contributed by atoms with E-state index in [4.69, 9.17) is 9.15 Å². The van der Waals surface area contributed by atoms with Gasteiger partial charge in [0.05, 0.1) is 18.4 Å². The van der Waals surface area contributed by atoms with E-state index in [1.165, 1.54) is 7.11 Å². The molecule has 0 aliphatic heterocycles. The molecule has 170 valence electrons. The minimum atomic E-state index is -0.359. The normalized spacial score (nSPS) is 14.0. The van der Waals surface area contributed by atoms with E-state index in [0.717, 1.165) is 41.0 Å². The van der Waals surface area contributed by atoms with Crippen molar-refractivity contribution < 1.29 is 18.7 Å². The number of nitrogens with zero attached hydrogens (tertiary/aromatic N) is 1. The quantitative estimate of drug-likeness (QED) is 0.529. The molecule has 2 amide bonds. The Kier molecular flexibility index (Phi) is 6.58. The van der Waals surface area contributed by atoms with Gasteiger partial charge in [-0.3, -0.25) is 9.59 Å². The van der Waals surface area contributed by atoms with E-state index in [2.05, 4.69) is 15.8 Å². The van der Waals surface area contributed by atoms with E-state index < -0.39 is 0 Å². The van der Waals surface area contributed by atoms with Crippen molar-refractivity contribution in [1.29, 1.82) is 0 Å². The molecule has 4 rings (SSSR count). The fourth-order valence-electron chi connectivity index (χ4n) is 4.14. The van der Waals surface area contributed by atoms with Crippen LogP contribution in [0.4, 0.5) is 5.69 Å². The number of hydrazone groups is 1. The fourth-order valence-corrected chi connectivity index (χ4v) is 4.14. The summed E-state index contributed by atoms with van der Waals surface area (Å²) >= 11 is 0. The van der Waals surface area contributed by atoms with E-state index in [0.29, 0.717) is 29.9 Å². The van der Waals surface area contributed by atoms with Crippen LogP contribution in [0.5, 0.6) is 5.75 Å². The molecule has 3 aromatic rings. The predicted octanol–water partition coefficient (Wildman–Crippen LogP) is 4.88. The molecule has 0 radical (unpaired) electrons. The van der Waals surface area contributed by atoms with Crippen molar-refractivity contribution in [3.63, 3.8) is 0 Å². The van der Waals surface area contributed by atoms with Crippen LogP contribution in [0.3, 0.4) is 0 Å². The molecule has 0 unspecified atom stereocenters. The Morgan fingerprint density at radius 3 is 2.61 bits per heavy atom. The summed E-state index contributed by atoms with van der Waals surface area (Å²) in [5.74, 6) is 0.822. The maximum Gasteiger partial charge on any atom is 0.291 e. The van der Waals surface area contributed by atoms with Gasteiger partial charge in [0.25, 0.3) is 11.8 Å². The second-order valence-electron chi connectivity index (χ2n) is 7.87. The van der Waals surface area contributed by atoms with Gasteiger partial charge in [-0.25, -0.2) is 5.43 Å². The number of rotatable bonds is 6. The first-order valence-electron chi connectivity index (χ1n) is 11.0. The number of nitrogens with one attached hydrogen (secondary N) is 2. The van der Waals surface area contributed by atoms with E-state index in [1.807, 2.05) is 38.1 Å². The second kappa shape index (κ2) is 9.73. The average molecular weight is 446 g/mol. The van der Waals surface area contributed by atoms with Gasteiger partial charge in [0, 0.05) is 23.2 Å². The van der Waals surface area contributed by atoms with Crippen molar-refractivity contribution in [2.45, 2.75) is 39.5 Å². The Morgan fingerprint density at radius 1 is 1.06 bits per heavy atom. The third-order valence-electron chi connectivity index (χ3n) is 5.82. The number of furan rings is 1. The lowest BCUT2D eigenvalue weighted by Crippen LogP contribution is -2.22. The molecule has 1 aromatic heterocycles. The molecule has 0 saturated heterocycles. The Morgan fingerprint density at radius 2 is 1.82 bits per heavy atom. The maximum absolute atomic E-state index is 13.0. The predicted molar refractivity (Wildman–Crippen MR) is 127 cm³/mol. The lowest BCUT2D eigenvalue weighted by molar-refractivity contribution is 0.0950. The number of hydrogen-bond acceptors (Lipinski definition) is 5. The van der Waals surface area contributed by atoms with E-state index >= 15 is 0 Å². The minimum absolute atomic E-state index is 0.275. The summed E-state index contributed by atoms with van der Waals surface area (Å²) < 4.78 is 11.2. The first-order valence-corrected chi connectivity index (χ1v) is 11.0. The average Bonchev–Trinajstić information content (AvgIpc) is 3.20. The zero-order chi connectivity index (χ0) is 23.4. The SMILES string of the molecule is CCc1ccccc1NC(=O)c1oc2c(c1C)/C(=N/NC(=O)c1ccccc1OC)CCC2. The van der Waals surface area contributed by atoms with Crippen LogP contribution < -0.4 is 15.5 Å². The summed E-state index contributed by atoms with van der Waals surface area (Å²) in [5.41, 5.74) is 7.09. The Hall–Kier alpha value is -3.87. The number of carbonyl (C=O) groups is 2. The molecule has 7 nitrogen and oxygen atoms in total. The lowest BCUT2D eigenvalue weighted by Gasteiger charge is -2.14. The summed E-state index contributed by atoms with van der Waals surface area (Å²) in [6, 6.07) is 14.7. The first kappa shape index (κ1) is 22.3. The zero-order valence-corrected chi connectivity index (χ0v) is 19.0. The number of carbonyl (C=O) groups excluding carboxylic acids is 2. The number of aryl methyl sites for hydroxylation is 2. The number of benzene rings is 2. The number of anilines is 1. The van der Waals surface area contributed by atoms with Crippen molar-refractivity contribution in [2.24, 2.45) is 5.10 Å². The van der Waals surface area contributed by atoms with Gasteiger partial charge >= 0.3 is 0 Å². The van der Waals surface area contributed by atoms with Crippen molar-refractivity contribution in [3.8, 4) is 5.75 Å². The van der Waals surface area contributed by atoms with Crippen LogP contribution in [0.1, 0.15) is 63.1 Å². The Bertz CT molecular complexity index is 1230. The summed E-state index contributed by atoms with van der Waals surface area (Å²) in [5, 5.41) is 7.36. The molecular weight excluding hydrogens is 418 g/mol. The molecular formula is C26H27N3O4. The summed E-state index contributed by atoms with van der Waals surface area (Å²) in [4.78, 5) is 25.7. The number of ether oxygens (including phenoxy) is 1. The van der Waals surface area contributed by atoms with Crippen molar-refractivity contribution in [1.82, 2.24) is 5.43 Å². The van der Waals surface area contributed by atoms with Gasteiger partial charge in [-0.2, -0.15) is 5.10 Å². The van der Waals surface area contributed by atoms with Crippen molar-refractivity contribution >= 4 is 23.2 Å². The fraction of sp³-hybridized carbons (Fsp3) is 0.269. The Balaban J connectivity index is 1.58. The number of fused-ring (bicyclic) bond motifs is 1. The first-order chi connectivity index (χ1) is 16.0. The molecule has 0 bridgehead atoms. The van der Waals surface area contributed by atoms with E-state index in [9.17, 15) is 9.59 Å². The van der Waals surface area contributed by atoms with Crippen molar-refractivity contribution in [2.75, 3.05) is 12.4 Å². The highest BCUT2D eigenvalue weighted by molar-refractivity contribution is 6.09. The van der Waals surface area contributed by atoms with Crippen LogP contribution in [-0.2, 0) is 12.8 Å². The highest BCUT2D eigenvalue weighted by atomic mass is 16.5. The van der Waals surface area contributed by atoms with Crippen LogP contribution in [0, 0.1) is 6.92 Å². The molecule has 1 aliphatic carbocycles. The van der Waals surface area contributed by atoms with Gasteiger partial charge < -0.3 is 14.5 Å². The minimum Gasteiger partial charge on any atom is -0.496 e. The molecule has 2 aromatic carbocycles. The molecule has 0 fully saturated rings. The molecule has 0 atom stereocenters. The lowest BCUT2D eigenvalue weighted by atomic mass is 9.93. The summed E-state index contributed by atoms with van der Waals surface area (Å²) in [6.07, 6.45) is 3.03. The van der Waals surface area contributed by atoms with Crippen LogP contribution in [-0.4, -0.2) is 24.6 Å². The van der Waals surface area contributed by atoms with Gasteiger partial charge in [-0.15, -0.1) is 0 Å². The van der Waals surface area contributed by atoms with Crippen LogP contribution >= 0.6 is 0 Å². The third-order valence-corrected chi connectivity index (χ3v) is 5.82. The molecule has 1 heterocycles. The molecule has 7 heteroatoms. The van der Waals surface area contributed by atoms with Crippen LogP contribution in [0.2, 0.25) is 0 Å². The largest absolute Gasteiger partial charge is 0.496 e. The molecule has 33 heavy (non-hydrogen) atoms. The second-order valence-corrected chi connectivity index (χ2v) is 7.87. The van der Waals surface area contributed by atoms with Crippen molar-refractivity contribution in [3.05, 3.63) is 82.3 Å². The monoisotopic (exact) mass is 445 g/mol. The van der Waals surface area contributed by atoms with Gasteiger partial charge in [-0.05, 0) is 49.9 Å². The van der Waals surface area contributed by atoms with Gasteiger partial charge in [0.1, 0.15) is 11.5 Å². The number of para-hydroxylation sites is 2. The van der Waals surface area contributed by atoms with Gasteiger partial charge in [-0.1, -0.05) is 37.3 Å². The summed E-state index contributed by atoms with van der Waals surface area (Å²) in [6.45, 7) is 3.90. The number of methoxy groups -OCH3 is 1. The van der Waals surface area contributed by atoms with E-state index in [1.54, 1.807) is 24.3 Å². The van der Waals surface area contributed by atoms with Gasteiger partial charge in [0.15, 0.2) is 5.76 Å². The topological polar surface area (TPSA) is 92.9 Å². The molecule has 0 saturated carbocycles. The van der Waals surface area contributed by atoms with E-state index in [-0.39, 0.29) is 17.6 Å². The maximum atomic E-state index is 13.0. The highest BCUT2D eigenvalue weighted by Gasteiger charge is 2.28. The summed E-state index contributed by atoms with van der Waals surface area (Å²) in [7, 11) is 1.52. The standard InChI is InChI=1S/C26H27N3O4/c1-4-17-10-5-7-12-19(17)27-26(31)24-16(2)23-20(13-9-15-22(23)33-24)28-29-25(30)18-11-6-8-14-21(18)32-3/h5-8,10-12,14H,4,9,13,15H2,1-3H3,(H,27,31)(H,29,30)/b28-20+. The number of hydrogen-bond donors (Lipinski definition) is 2. The molecule has 0 spiro atoms. The van der Waals surface area contributed by atoms with Crippen LogP contribution in [0.15, 0.2) is 58.0 Å². The van der Waals surface area contributed by atoms with Crippen LogP contribution in [0.25, 0.3) is 0 Å². The number of amides is 2. The Labute approximate surface area is 192 Å². The highest BCUT2D eigenvalue weighted by Crippen LogP contribution is 2.30. The molecule has 1 aliphatic rings. The molecule has 2 N–H and O–H groups in total. The third kappa shape index (κ3) is 4.53.